The lowest BCUT2D eigenvalue weighted by atomic mass is 10.2. The third kappa shape index (κ3) is 2.74. The lowest BCUT2D eigenvalue weighted by molar-refractivity contribution is -0.147. The van der Waals surface area contributed by atoms with Gasteiger partial charge in [0, 0.05) is 10.6 Å². The number of halogens is 1. The molecule has 1 aliphatic heterocycles. The molecule has 1 N–H and O–H groups in total. The van der Waals surface area contributed by atoms with Crippen LogP contribution < -0.4 is 5.32 Å². The topological polar surface area (TPSA) is 38.3 Å². The number of hydrogen-bond donors (Lipinski definition) is 1. The Balaban J connectivity index is 1.87. The second-order valence-electron chi connectivity index (χ2n) is 3.85. The molecule has 86 valence electrons. The smallest absolute Gasteiger partial charge is 0.323 e. The van der Waals surface area contributed by atoms with Gasteiger partial charge in [-0.2, -0.15) is 0 Å². The molecule has 1 heterocycles. The quantitative estimate of drug-likeness (QED) is 0.822. The lowest BCUT2D eigenvalue weighted by Crippen LogP contribution is -2.32. The number of ether oxygens (including phenoxy) is 1. The van der Waals surface area contributed by atoms with Crippen molar-refractivity contribution in [2.24, 2.45) is 0 Å². The van der Waals surface area contributed by atoms with Gasteiger partial charge in [0.1, 0.15) is 12.6 Å². The molecule has 1 fully saturated rings. The minimum absolute atomic E-state index is 0.137. The van der Waals surface area contributed by atoms with Crippen molar-refractivity contribution < 1.29 is 9.53 Å². The zero-order valence-electron chi connectivity index (χ0n) is 8.91. The fraction of sp³-hybridized carbons (Fsp3) is 0.417. The van der Waals surface area contributed by atoms with Crippen LogP contribution in [0.4, 0.5) is 0 Å². The Morgan fingerprint density at radius 3 is 3.00 bits per heavy atom. The van der Waals surface area contributed by atoms with Crippen molar-refractivity contribution in [3.8, 4) is 0 Å². The van der Waals surface area contributed by atoms with Crippen molar-refractivity contribution in [2.45, 2.75) is 25.5 Å². The van der Waals surface area contributed by atoms with Crippen LogP contribution in [0.5, 0.6) is 0 Å². The predicted octanol–water partition coefficient (Wildman–Crippen LogP) is 2.14. The van der Waals surface area contributed by atoms with Crippen LogP contribution in [0.3, 0.4) is 0 Å². The molecule has 0 unspecified atom stereocenters. The van der Waals surface area contributed by atoms with E-state index >= 15 is 0 Å². The summed E-state index contributed by atoms with van der Waals surface area (Å²) in [6.07, 6.45) is 1.90. The Bertz CT molecular complexity index is 375. The molecule has 16 heavy (non-hydrogen) atoms. The highest BCUT2D eigenvalue weighted by atomic mass is 35.5. The third-order valence-corrected chi connectivity index (χ3v) is 3.04. The average Bonchev–Trinajstić information content (AvgIpc) is 2.81. The first-order chi connectivity index (χ1) is 7.77. The number of benzene rings is 1. The van der Waals surface area contributed by atoms with E-state index in [9.17, 15) is 4.79 Å². The SMILES string of the molecule is O=C(OCc1ccccc1Cl)[C@H]1CCCN1. The normalized spacial score (nSPS) is 19.7. The Kier molecular flexibility index (Phi) is 3.80. The van der Waals surface area contributed by atoms with Gasteiger partial charge in [0.15, 0.2) is 0 Å². The molecule has 1 aliphatic rings. The van der Waals surface area contributed by atoms with Gasteiger partial charge in [0.2, 0.25) is 0 Å². The van der Waals surface area contributed by atoms with Crippen molar-refractivity contribution in [2.75, 3.05) is 6.54 Å². The van der Waals surface area contributed by atoms with E-state index in [2.05, 4.69) is 5.32 Å². The predicted molar refractivity (Wildman–Crippen MR) is 62.3 cm³/mol. The van der Waals surface area contributed by atoms with E-state index in [1.165, 1.54) is 0 Å². The summed E-state index contributed by atoms with van der Waals surface area (Å²) < 4.78 is 5.21. The molecule has 0 saturated carbocycles. The van der Waals surface area contributed by atoms with E-state index in [0.29, 0.717) is 5.02 Å². The first-order valence-electron chi connectivity index (χ1n) is 5.41. The molecule has 1 atom stereocenters. The van der Waals surface area contributed by atoms with E-state index in [0.717, 1.165) is 24.9 Å². The summed E-state index contributed by atoms with van der Waals surface area (Å²) in [5.74, 6) is -0.183. The van der Waals surface area contributed by atoms with Crippen molar-refractivity contribution in [3.63, 3.8) is 0 Å². The minimum atomic E-state index is -0.183. The highest BCUT2D eigenvalue weighted by Crippen LogP contribution is 2.16. The second kappa shape index (κ2) is 5.32. The van der Waals surface area contributed by atoms with Crippen molar-refractivity contribution in [1.29, 1.82) is 0 Å². The highest BCUT2D eigenvalue weighted by Gasteiger charge is 2.23. The Morgan fingerprint density at radius 2 is 2.31 bits per heavy atom. The first-order valence-corrected chi connectivity index (χ1v) is 5.78. The van der Waals surface area contributed by atoms with Crippen LogP contribution in [0.2, 0.25) is 5.02 Å². The number of hydrogen-bond acceptors (Lipinski definition) is 3. The molecular weight excluding hydrogens is 226 g/mol. The lowest BCUT2D eigenvalue weighted by Gasteiger charge is -2.10. The van der Waals surface area contributed by atoms with Crippen molar-refractivity contribution in [1.82, 2.24) is 5.32 Å². The van der Waals surface area contributed by atoms with Crippen LogP contribution >= 0.6 is 11.6 Å². The minimum Gasteiger partial charge on any atom is -0.460 e. The molecule has 0 spiro atoms. The highest BCUT2D eigenvalue weighted by molar-refractivity contribution is 6.31. The number of rotatable bonds is 3. The Morgan fingerprint density at radius 1 is 1.50 bits per heavy atom. The fourth-order valence-corrected chi connectivity index (χ4v) is 1.94. The number of nitrogens with one attached hydrogen (secondary N) is 1. The maximum absolute atomic E-state index is 11.6. The molecule has 1 aromatic carbocycles. The molecule has 3 nitrogen and oxygen atoms in total. The molecule has 4 heteroatoms. The summed E-state index contributed by atoms with van der Waals surface area (Å²) in [6, 6.07) is 7.24. The second-order valence-corrected chi connectivity index (χ2v) is 4.26. The summed E-state index contributed by atoms with van der Waals surface area (Å²) in [6.45, 7) is 1.14. The average molecular weight is 240 g/mol. The van der Waals surface area contributed by atoms with Gasteiger partial charge < -0.3 is 10.1 Å². The number of esters is 1. The summed E-state index contributed by atoms with van der Waals surface area (Å²) in [7, 11) is 0. The zero-order chi connectivity index (χ0) is 11.4. The van der Waals surface area contributed by atoms with E-state index in [4.69, 9.17) is 16.3 Å². The Hall–Kier alpha value is -1.06. The van der Waals surface area contributed by atoms with Gasteiger partial charge in [-0.1, -0.05) is 29.8 Å². The largest absolute Gasteiger partial charge is 0.460 e. The van der Waals surface area contributed by atoms with E-state index in [1.807, 2.05) is 18.2 Å². The number of carbonyl (C=O) groups is 1. The Labute approximate surface area is 99.7 Å². The maximum Gasteiger partial charge on any atom is 0.323 e. The van der Waals surface area contributed by atoms with Crippen molar-refractivity contribution in [3.05, 3.63) is 34.9 Å². The molecule has 1 aromatic rings. The molecular formula is C12H14ClNO2. The summed E-state index contributed by atoms with van der Waals surface area (Å²) in [4.78, 5) is 11.6. The van der Waals surface area contributed by atoms with Gasteiger partial charge in [0.05, 0.1) is 0 Å². The summed E-state index contributed by atoms with van der Waals surface area (Å²) in [5, 5.41) is 3.73. The third-order valence-electron chi connectivity index (χ3n) is 2.67. The van der Waals surface area contributed by atoms with Crippen LogP contribution in [0.25, 0.3) is 0 Å². The van der Waals surface area contributed by atoms with Gasteiger partial charge in [-0.15, -0.1) is 0 Å². The summed E-state index contributed by atoms with van der Waals surface area (Å²) >= 11 is 5.96. The molecule has 0 aromatic heterocycles. The first kappa shape index (κ1) is 11.4. The van der Waals surface area contributed by atoms with E-state index in [1.54, 1.807) is 6.07 Å². The molecule has 0 bridgehead atoms. The number of carbonyl (C=O) groups excluding carboxylic acids is 1. The van der Waals surface area contributed by atoms with E-state index < -0.39 is 0 Å². The molecule has 0 radical (unpaired) electrons. The van der Waals surface area contributed by atoms with Gasteiger partial charge in [-0.3, -0.25) is 4.79 Å². The van der Waals surface area contributed by atoms with Crippen LogP contribution in [0, 0.1) is 0 Å². The molecule has 2 rings (SSSR count). The van der Waals surface area contributed by atoms with Gasteiger partial charge in [0.25, 0.3) is 0 Å². The molecule has 0 aliphatic carbocycles. The van der Waals surface area contributed by atoms with E-state index in [-0.39, 0.29) is 18.6 Å². The fourth-order valence-electron chi connectivity index (χ4n) is 1.75. The molecule has 0 amide bonds. The van der Waals surface area contributed by atoms with Crippen LogP contribution in [0.15, 0.2) is 24.3 Å². The van der Waals surface area contributed by atoms with Gasteiger partial charge in [-0.05, 0) is 25.5 Å². The van der Waals surface area contributed by atoms with Gasteiger partial charge in [-0.25, -0.2) is 0 Å². The van der Waals surface area contributed by atoms with Crippen LogP contribution in [-0.4, -0.2) is 18.6 Å². The maximum atomic E-state index is 11.6. The van der Waals surface area contributed by atoms with Crippen LogP contribution in [0.1, 0.15) is 18.4 Å². The standard InChI is InChI=1S/C12H14ClNO2/c13-10-5-2-1-4-9(10)8-16-12(15)11-6-3-7-14-11/h1-2,4-5,11,14H,3,6-8H2/t11-/m1/s1. The van der Waals surface area contributed by atoms with Gasteiger partial charge >= 0.3 is 5.97 Å². The monoisotopic (exact) mass is 239 g/mol. The molecule has 1 saturated heterocycles. The van der Waals surface area contributed by atoms with Crippen LogP contribution in [-0.2, 0) is 16.1 Å². The summed E-state index contributed by atoms with van der Waals surface area (Å²) in [5.41, 5.74) is 0.843. The van der Waals surface area contributed by atoms with Crippen molar-refractivity contribution >= 4 is 17.6 Å². The zero-order valence-corrected chi connectivity index (χ0v) is 9.67.